The minimum absolute atomic E-state index is 1.18. The van der Waals surface area contributed by atoms with Crippen LogP contribution in [0.5, 0.6) is 0 Å². The first-order valence-corrected chi connectivity index (χ1v) is 11.9. The molecule has 0 bridgehead atoms. The molecule has 1 aromatic heterocycles. The van der Waals surface area contributed by atoms with Gasteiger partial charge in [0.1, 0.15) is 0 Å². The second kappa shape index (κ2) is 7.80. The van der Waals surface area contributed by atoms with Gasteiger partial charge in [0.15, 0.2) is 0 Å². The molecule has 0 unspecified atom stereocenters. The summed E-state index contributed by atoms with van der Waals surface area (Å²) in [5.41, 5.74) is 2.93. The maximum Gasteiger partial charge on any atom is 0.0361 e. The van der Waals surface area contributed by atoms with Gasteiger partial charge < -0.3 is 0 Å². The Morgan fingerprint density at radius 3 is 1.48 bits per heavy atom. The van der Waals surface area contributed by atoms with Crippen LogP contribution in [0, 0.1) is 0 Å². The van der Waals surface area contributed by atoms with Crippen LogP contribution in [0.4, 0.5) is 0 Å². The fourth-order valence-electron chi connectivity index (χ4n) is 4.43. The number of hydrogen-bond acceptors (Lipinski definition) is 1. The Hall–Kier alpha value is -2.38. The third-order valence-electron chi connectivity index (χ3n) is 6.15. The molecule has 1 heterocycles. The van der Waals surface area contributed by atoms with Gasteiger partial charge in [0, 0.05) is 20.2 Å². The molecule has 0 aliphatic carbocycles. The van der Waals surface area contributed by atoms with Crippen LogP contribution in [-0.2, 0) is 12.8 Å². The maximum absolute atomic E-state index is 2.40. The topological polar surface area (TPSA) is 0 Å². The van der Waals surface area contributed by atoms with E-state index in [1.807, 2.05) is 11.3 Å². The van der Waals surface area contributed by atoms with Crippen LogP contribution in [0.15, 0.2) is 60.7 Å². The van der Waals surface area contributed by atoms with Crippen molar-refractivity contribution < 1.29 is 0 Å². The summed E-state index contributed by atoms with van der Waals surface area (Å²) in [5, 5.41) is 8.26. The van der Waals surface area contributed by atoms with Crippen LogP contribution >= 0.6 is 11.3 Å². The average Bonchev–Trinajstić information content (AvgIpc) is 3.08. The molecule has 1 heteroatoms. The zero-order valence-electron chi connectivity index (χ0n) is 17.4. The zero-order valence-corrected chi connectivity index (χ0v) is 18.2. The molecule has 0 amide bonds. The summed E-state index contributed by atoms with van der Waals surface area (Å²) < 4.78 is 2.81. The van der Waals surface area contributed by atoms with Crippen molar-refractivity contribution in [1.29, 1.82) is 0 Å². The molecule has 5 rings (SSSR count). The third kappa shape index (κ3) is 3.53. The minimum Gasteiger partial charge on any atom is -0.135 e. The van der Waals surface area contributed by atoms with Gasteiger partial charge in [0.05, 0.1) is 0 Å². The van der Waals surface area contributed by atoms with Crippen molar-refractivity contribution in [2.45, 2.75) is 52.4 Å². The largest absolute Gasteiger partial charge is 0.135 e. The number of thiophene rings is 1. The molecule has 0 atom stereocenters. The Morgan fingerprint density at radius 1 is 0.552 bits per heavy atom. The highest BCUT2D eigenvalue weighted by Gasteiger charge is 2.09. The van der Waals surface area contributed by atoms with E-state index in [1.54, 1.807) is 0 Å². The number of aryl methyl sites for hydroxylation is 2. The quantitative estimate of drug-likeness (QED) is 0.268. The molecule has 29 heavy (non-hydrogen) atoms. The van der Waals surface area contributed by atoms with E-state index in [4.69, 9.17) is 0 Å². The second-order valence-corrected chi connectivity index (χ2v) is 9.45. The Morgan fingerprint density at radius 2 is 1.03 bits per heavy atom. The van der Waals surface area contributed by atoms with Gasteiger partial charge in [-0.3, -0.25) is 0 Å². The van der Waals surface area contributed by atoms with E-state index in [0.29, 0.717) is 0 Å². The summed E-state index contributed by atoms with van der Waals surface area (Å²) in [5.74, 6) is 0. The van der Waals surface area contributed by atoms with E-state index in [2.05, 4.69) is 74.5 Å². The minimum atomic E-state index is 1.18. The number of fused-ring (bicyclic) bond motifs is 5. The Labute approximate surface area is 177 Å². The van der Waals surface area contributed by atoms with Crippen LogP contribution in [0.2, 0.25) is 0 Å². The van der Waals surface area contributed by atoms with Gasteiger partial charge in [0.2, 0.25) is 0 Å². The third-order valence-corrected chi connectivity index (χ3v) is 7.27. The van der Waals surface area contributed by atoms with E-state index in [1.165, 1.54) is 91.4 Å². The van der Waals surface area contributed by atoms with Crippen molar-refractivity contribution in [3.63, 3.8) is 0 Å². The number of benzene rings is 4. The fourth-order valence-corrected chi connectivity index (χ4v) is 5.60. The molecular formula is C28H28S. The number of rotatable bonds is 6. The lowest BCUT2D eigenvalue weighted by Crippen LogP contribution is -1.85. The first-order valence-electron chi connectivity index (χ1n) is 11.1. The van der Waals surface area contributed by atoms with Gasteiger partial charge in [0.25, 0.3) is 0 Å². The van der Waals surface area contributed by atoms with Crippen LogP contribution < -0.4 is 0 Å². The lowest BCUT2D eigenvalue weighted by Gasteiger charge is -2.05. The standard InChI is InChI=1S/C28H28S/c1-3-5-7-19-9-11-21-15-25-26-16-22-12-10-20(8-6-4-2)14-24(22)18-28(26)29-27(25)17-23(21)13-19/h9-18H,3-8H2,1-2H3. The molecule has 146 valence electrons. The first-order chi connectivity index (χ1) is 14.2. The van der Waals surface area contributed by atoms with Crippen molar-refractivity contribution in [3.05, 3.63) is 71.8 Å². The normalized spacial score (nSPS) is 11.9. The van der Waals surface area contributed by atoms with Crippen molar-refractivity contribution in [3.8, 4) is 0 Å². The summed E-state index contributed by atoms with van der Waals surface area (Å²) in [7, 11) is 0. The first kappa shape index (κ1) is 18.6. The van der Waals surface area contributed by atoms with Gasteiger partial charge in [-0.1, -0.05) is 63.1 Å². The van der Waals surface area contributed by atoms with E-state index >= 15 is 0 Å². The van der Waals surface area contributed by atoms with E-state index in [-0.39, 0.29) is 0 Å². The summed E-state index contributed by atoms with van der Waals surface area (Å²) in [4.78, 5) is 0. The zero-order chi connectivity index (χ0) is 19.8. The Balaban J connectivity index is 1.64. The maximum atomic E-state index is 2.40. The molecule has 0 saturated carbocycles. The van der Waals surface area contributed by atoms with Gasteiger partial charge in [-0.05, 0) is 82.6 Å². The molecule has 0 nitrogen and oxygen atoms in total. The predicted molar refractivity (Wildman–Crippen MR) is 132 cm³/mol. The van der Waals surface area contributed by atoms with Crippen molar-refractivity contribution in [1.82, 2.24) is 0 Å². The van der Waals surface area contributed by atoms with Gasteiger partial charge in [-0.15, -0.1) is 11.3 Å². The summed E-state index contributed by atoms with van der Waals surface area (Å²) in [6, 6.07) is 23.6. The molecule has 4 aromatic carbocycles. The fraction of sp³-hybridized carbons (Fsp3) is 0.286. The molecule has 0 spiro atoms. The summed E-state index contributed by atoms with van der Waals surface area (Å²) in [6.07, 6.45) is 7.40. The van der Waals surface area contributed by atoms with E-state index in [0.717, 1.165) is 0 Å². The average molecular weight is 397 g/mol. The lowest BCUT2D eigenvalue weighted by molar-refractivity contribution is 0.796. The van der Waals surface area contributed by atoms with Crippen LogP contribution in [0.3, 0.4) is 0 Å². The highest BCUT2D eigenvalue weighted by molar-refractivity contribution is 7.26. The highest BCUT2D eigenvalue weighted by atomic mass is 32.1. The smallest absolute Gasteiger partial charge is 0.0361 e. The van der Waals surface area contributed by atoms with E-state index in [9.17, 15) is 0 Å². The molecule has 0 N–H and O–H groups in total. The summed E-state index contributed by atoms with van der Waals surface area (Å²) >= 11 is 1.94. The number of hydrogen-bond donors (Lipinski definition) is 0. The van der Waals surface area contributed by atoms with Crippen molar-refractivity contribution in [2.75, 3.05) is 0 Å². The molecule has 5 aromatic rings. The van der Waals surface area contributed by atoms with Crippen LogP contribution in [-0.4, -0.2) is 0 Å². The van der Waals surface area contributed by atoms with Gasteiger partial charge >= 0.3 is 0 Å². The van der Waals surface area contributed by atoms with E-state index < -0.39 is 0 Å². The predicted octanol–water partition coefficient (Wildman–Crippen LogP) is 9.05. The molecule has 0 radical (unpaired) electrons. The second-order valence-electron chi connectivity index (χ2n) is 8.37. The molecule has 0 aliphatic rings. The SMILES string of the molecule is CCCCc1ccc2cc3c(cc2c1)sc1cc2cc(CCCC)ccc2cc13. The number of unbranched alkanes of at least 4 members (excludes halogenated alkanes) is 2. The Kier molecular flexibility index (Phi) is 5.01. The molecule has 0 aliphatic heterocycles. The van der Waals surface area contributed by atoms with Gasteiger partial charge in [-0.25, -0.2) is 0 Å². The molecular weight excluding hydrogens is 368 g/mol. The van der Waals surface area contributed by atoms with Gasteiger partial charge in [-0.2, -0.15) is 0 Å². The lowest BCUT2D eigenvalue weighted by atomic mass is 9.99. The van der Waals surface area contributed by atoms with Crippen LogP contribution in [0.25, 0.3) is 41.7 Å². The van der Waals surface area contributed by atoms with Crippen molar-refractivity contribution in [2.24, 2.45) is 0 Å². The van der Waals surface area contributed by atoms with Crippen LogP contribution in [0.1, 0.15) is 50.7 Å². The monoisotopic (exact) mass is 396 g/mol. The highest BCUT2D eigenvalue weighted by Crippen LogP contribution is 2.39. The summed E-state index contributed by atoms with van der Waals surface area (Å²) in [6.45, 7) is 4.52. The molecule has 0 fully saturated rings. The van der Waals surface area contributed by atoms with Crippen molar-refractivity contribution >= 4 is 53.1 Å². The Bertz CT molecular complexity index is 1220. The molecule has 0 saturated heterocycles.